The highest BCUT2D eigenvalue weighted by molar-refractivity contribution is 6.30. The molecular weight excluding hydrogens is 310 g/mol. The largest absolute Gasteiger partial charge is 0.388 e. The first kappa shape index (κ1) is 16.5. The van der Waals surface area contributed by atoms with E-state index in [1.54, 1.807) is 4.68 Å². The van der Waals surface area contributed by atoms with E-state index >= 15 is 0 Å². The summed E-state index contributed by atoms with van der Waals surface area (Å²) in [6.07, 6.45) is 1.65. The smallest absolute Gasteiger partial charge is 0.131 e. The molecule has 0 aliphatic carbocycles. The van der Waals surface area contributed by atoms with Crippen molar-refractivity contribution in [2.75, 3.05) is 13.1 Å². The summed E-state index contributed by atoms with van der Waals surface area (Å²) in [6, 6.07) is 9.98. The molecule has 0 spiro atoms. The fourth-order valence-corrected chi connectivity index (χ4v) is 3.66. The minimum absolute atomic E-state index is 0.333. The van der Waals surface area contributed by atoms with Gasteiger partial charge in [0.15, 0.2) is 0 Å². The van der Waals surface area contributed by atoms with Gasteiger partial charge in [0.05, 0.1) is 11.8 Å². The lowest BCUT2D eigenvalue weighted by atomic mass is 9.87. The van der Waals surface area contributed by atoms with Crippen LogP contribution in [0, 0.1) is 12.8 Å². The van der Waals surface area contributed by atoms with Crippen LogP contribution in [0.25, 0.3) is 0 Å². The lowest BCUT2D eigenvalue weighted by Gasteiger charge is -2.34. The van der Waals surface area contributed by atoms with Crippen molar-refractivity contribution in [2.45, 2.75) is 32.4 Å². The van der Waals surface area contributed by atoms with Gasteiger partial charge in [0.2, 0.25) is 0 Å². The predicted octanol–water partition coefficient (Wildman–Crippen LogP) is 3.33. The zero-order chi connectivity index (χ0) is 16.4. The third-order valence-electron chi connectivity index (χ3n) is 4.87. The van der Waals surface area contributed by atoms with E-state index in [4.69, 9.17) is 11.6 Å². The SMILES string of the molecule is Cc1nn(C)c(Cl)c1CN1CCC(C(O)c2ccccc2)CC1. The fourth-order valence-electron chi connectivity index (χ4n) is 3.43. The Hall–Kier alpha value is -1.36. The van der Waals surface area contributed by atoms with Crippen LogP contribution in [0.5, 0.6) is 0 Å². The molecule has 1 aliphatic rings. The van der Waals surface area contributed by atoms with Gasteiger partial charge in [-0.3, -0.25) is 9.58 Å². The molecule has 0 amide bonds. The number of piperidine rings is 1. The van der Waals surface area contributed by atoms with E-state index in [-0.39, 0.29) is 6.10 Å². The monoisotopic (exact) mass is 333 g/mol. The molecule has 0 radical (unpaired) electrons. The number of hydrogen-bond acceptors (Lipinski definition) is 3. The number of aryl methyl sites for hydroxylation is 2. The van der Waals surface area contributed by atoms with Gasteiger partial charge in [-0.25, -0.2) is 0 Å². The van der Waals surface area contributed by atoms with E-state index in [0.717, 1.165) is 54.4 Å². The summed E-state index contributed by atoms with van der Waals surface area (Å²) < 4.78 is 1.73. The molecule has 1 aromatic heterocycles. The van der Waals surface area contributed by atoms with Crippen molar-refractivity contribution in [1.29, 1.82) is 0 Å². The number of aromatic nitrogens is 2. The normalized spacial score (nSPS) is 18.3. The van der Waals surface area contributed by atoms with Gasteiger partial charge in [-0.2, -0.15) is 5.10 Å². The summed E-state index contributed by atoms with van der Waals surface area (Å²) >= 11 is 6.33. The molecule has 0 bridgehead atoms. The van der Waals surface area contributed by atoms with Crippen LogP contribution >= 0.6 is 11.6 Å². The second kappa shape index (κ2) is 7.04. The number of hydrogen-bond donors (Lipinski definition) is 1. The van der Waals surface area contributed by atoms with Gasteiger partial charge in [0.1, 0.15) is 5.15 Å². The molecule has 1 unspecified atom stereocenters. The lowest BCUT2D eigenvalue weighted by molar-refractivity contribution is 0.0567. The molecular formula is C18H24ClN3O. The van der Waals surface area contributed by atoms with Crippen molar-refractivity contribution in [3.8, 4) is 0 Å². The average molecular weight is 334 g/mol. The van der Waals surface area contributed by atoms with Gasteiger partial charge in [-0.15, -0.1) is 0 Å². The van der Waals surface area contributed by atoms with Crippen molar-refractivity contribution >= 4 is 11.6 Å². The lowest BCUT2D eigenvalue weighted by Crippen LogP contribution is -2.35. The Morgan fingerprint density at radius 3 is 2.48 bits per heavy atom. The van der Waals surface area contributed by atoms with Gasteiger partial charge in [0.25, 0.3) is 0 Å². The van der Waals surface area contributed by atoms with Gasteiger partial charge in [0, 0.05) is 19.2 Å². The summed E-state index contributed by atoms with van der Waals surface area (Å²) in [7, 11) is 1.88. The molecule has 1 aromatic carbocycles. The number of aliphatic hydroxyl groups is 1. The molecule has 23 heavy (non-hydrogen) atoms. The summed E-state index contributed by atoms with van der Waals surface area (Å²) in [5, 5.41) is 15.7. The van der Waals surface area contributed by atoms with Gasteiger partial charge in [-0.05, 0) is 44.3 Å². The van der Waals surface area contributed by atoms with Gasteiger partial charge >= 0.3 is 0 Å². The first-order valence-corrected chi connectivity index (χ1v) is 8.57. The van der Waals surface area contributed by atoms with Crippen LogP contribution in [-0.2, 0) is 13.6 Å². The van der Waals surface area contributed by atoms with Crippen LogP contribution in [0.15, 0.2) is 30.3 Å². The zero-order valence-electron chi connectivity index (χ0n) is 13.7. The molecule has 3 rings (SSSR count). The maximum Gasteiger partial charge on any atom is 0.131 e. The number of benzene rings is 1. The van der Waals surface area contributed by atoms with Crippen molar-refractivity contribution in [3.05, 3.63) is 52.3 Å². The molecule has 5 heteroatoms. The zero-order valence-corrected chi connectivity index (χ0v) is 14.5. The first-order chi connectivity index (χ1) is 11.1. The highest BCUT2D eigenvalue weighted by Crippen LogP contribution is 2.31. The molecule has 1 aliphatic heterocycles. The van der Waals surface area contributed by atoms with Crippen LogP contribution in [0.1, 0.15) is 35.8 Å². The quantitative estimate of drug-likeness (QED) is 0.933. The van der Waals surface area contributed by atoms with E-state index < -0.39 is 0 Å². The molecule has 2 heterocycles. The highest BCUT2D eigenvalue weighted by atomic mass is 35.5. The summed E-state index contributed by atoms with van der Waals surface area (Å²) in [4.78, 5) is 2.41. The molecule has 2 aromatic rings. The van der Waals surface area contributed by atoms with E-state index in [9.17, 15) is 5.11 Å². The van der Waals surface area contributed by atoms with Crippen molar-refractivity contribution in [1.82, 2.24) is 14.7 Å². The molecule has 0 saturated carbocycles. The van der Waals surface area contributed by atoms with Crippen LogP contribution in [0.3, 0.4) is 0 Å². The van der Waals surface area contributed by atoms with E-state index in [0.29, 0.717) is 5.92 Å². The van der Waals surface area contributed by atoms with Crippen LogP contribution < -0.4 is 0 Å². The number of likely N-dealkylation sites (tertiary alicyclic amines) is 1. The third-order valence-corrected chi connectivity index (χ3v) is 5.34. The van der Waals surface area contributed by atoms with Gasteiger partial charge in [-0.1, -0.05) is 41.9 Å². The molecule has 1 atom stereocenters. The summed E-state index contributed by atoms with van der Waals surface area (Å²) in [6.45, 7) is 4.82. The topological polar surface area (TPSA) is 41.3 Å². The first-order valence-electron chi connectivity index (χ1n) is 8.19. The Kier molecular flexibility index (Phi) is 5.05. The maximum absolute atomic E-state index is 10.6. The molecule has 1 fully saturated rings. The minimum Gasteiger partial charge on any atom is -0.388 e. The number of aliphatic hydroxyl groups excluding tert-OH is 1. The van der Waals surface area contributed by atoms with E-state index in [2.05, 4.69) is 10.00 Å². The molecule has 1 N–H and O–H groups in total. The fraction of sp³-hybridized carbons (Fsp3) is 0.500. The molecule has 1 saturated heterocycles. The number of halogens is 1. The second-order valence-corrected chi connectivity index (χ2v) is 6.81. The molecule has 124 valence electrons. The summed E-state index contributed by atoms with van der Waals surface area (Å²) in [5.74, 6) is 0.333. The standard InChI is InChI=1S/C18H24ClN3O/c1-13-16(18(19)21(2)20-13)12-22-10-8-15(9-11-22)17(23)14-6-4-3-5-7-14/h3-7,15,17,23H,8-12H2,1-2H3. The maximum atomic E-state index is 10.6. The second-order valence-electron chi connectivity index (χ2n) is 6.45. The Bertz CT molecular complexity index is 648. The van der Waals surface area contributed by atoms with Crippen molar-refractivity contribution in [3.63, 3.8) is 0 Å². The predicted molar refractivity (Wildman–Crippen MR) is 92.4 cm³/mol. The van der Waals surface area contributed by atoms with E-state index in [1.165, 1.54) is 0 Å². The molecule has 4 nitrogen and oxygen atoms in total. The van der Waals surface area contributed by atoms with E-state index in [1.807, 2.05) is 44.3 Å². The number of nitrogens with zero attached hydrogens (tertiary/aromatic N) is 3. The minimum atomic E-state index is -0.359. The van der Waals surface area contributed by atoms with Gasteiger partial charge < -0.3 is 5.11 Å². The van der Waals surface area contributed by atoms with Crippen molar-refractivity contribution in [2.24, 2.45) is 13.0 Å². The number of rotatable bonds is 4. The Morgan fingerprint density at radius 1 is 1.26 bits per heavy atom. The summed E-state index contributed by atoms with van der Waals surface area (Å²) in [5.41, 5.74) is 3.15. The third kappa shape index (κ3) is 3.60. The Balaban J connectivity index is 1.58. The van der Waals surface area contributed by atoms with Crippen LogP contribution in [0.4, 0.5) is 0 Å². The van der Waals surface area contributed by atoms with Crippen LogP contribution in [-0.4, -0.2) is 32.9 Å². The highest BCUT2D eigenvalue weighted by Gasteiger charge is 2.27. The Labute approximate surface area is 142 Å². The van der Waals surface area contributed by atoms with Crippen LogP contribution in [0.2, 0.25) is 5.15 Å². The Morgan fingerprint density at radius 2 is 1.91 bits per heavy atom. The average Bonchev–Trinajstić information content (AvgIpc) is 2.82. The van der Waals surface area contributed by atoms with Crippen molar-refractivity contribution < 1.29 is 5.11 Å².